The molecular formula is C20H19N5O2. The van der Waals surface area contributed by atoms with Gasteiger partial charge in [-0.2, -0.15) is 0 Å². The third-order valence-corrected chi connectivity index (χ3v) is 4.66. The molecule has 0 radical (unpaired) electrons. The predicted molar refractivity (Wildman–Crippen MR) is 99.7 cm³/mol. The standard InChI is InChI=1S/C20H19N5O2/c26-18-12-16(14-5-3-8-21-13-14)23-20(24-18)17-7-4-10-25(17)19(27)11-15-6-1-2-9-22-15/h1-3,5-6,8-9,12-13,17H,4,7,10-11H2,(H,23,24,26)/t17-/m0/s1. The lowest BCUT2D eigenvalue weighted by Crippen LogP contribution is -2.33. The van der Waals surface area contributed by atoms with Crippen LogP contribution in [0.4, 0.5) is 0 Å². The second kappa shape index (κ2) is 7.49. The number of hydrogen-bond acceptors (Lipinski definition) is 5. The maximum atomic E-state index is 12.8. The molecule has 0 spiro atoms. The van der Waals surface area contributed by atoms with Crippen LogP contribution < -0.4 is 5.56 Å². The van der Waals surface area contributed by atoms with E-state index in [0.717, 1.165) is 24.1 Å². The molecule has 1 N–H and O–H groups in total. The van der Waals surface area contributed by atoms with Gasteiger partial charge in [0.15, 0.2) is 0 Å². The van der Waals surface area contributed by atoms with Gasteiger partial charge in [0.1, 0.15) is 5.82 Å². The number of pyridine rings is 2. The molecule has 1 amide bonds. The minimum atomic E-state index is -0.233. The van der Waals surface area contributed by atoms with E-state index in [1.54, 1.807) is 29.6 Å². The summed E-state index contributed by atoms with van der Waals surface area (Å²) in [6.07, 6.45) is 6.91. The molecule has 7 nitrogen and oxygen atoms in total. The van der Waals surface area contributed by atoms with Crippen LogP contribution in [0.3, 0.4) is 0 Å². The molecule has 3 aromatic rings. The molecule has 1 aliphatic rings. The van der Waals surface area contributed by atoms with Crippen LogP contribution in [0, 0.1) is 0 Å². The third-order valence-electron chi connectivity index (χ3n) is 4.66. The van der Waals surface area contributed by atoms with Crippen molar-refractivity contribution >= 4 is 5.91 Å². The molecule has 7 heteroatoms. The Morgan fingerprint density at radius 3 is 2.93 bits per heavy atom. The Morgan fingerprint density at radius 2 is 2.15 bits per heavy atom. The number of rotatable bonds is 4. The molecule has 0 unspecified atom stereocenters. The van der Waals surface area contributed by atoms with E-state index < -0.39 is 0 Å². The summed E-state index contributed by atoms with van der Waals surface area (Å²) in [5, 5.41) is 0. The van der Waals surface area contributed by atoms with Gasteiger partial charge in [0, 0.05) is 42.5 Å². The molecule has 27 heavy (non-hydrogen) atoms. The average molecular weight is 361 g/mol. The van der Waals surface area contributed by atoms with Crippen LogP contribution in [0.15, 0.2) is 59.8 Å². The van der Waals surface area contributed by atoms with E-state index in [4.69, 9.17) is 0 Å². The summed E-state index contributed by atoms with van der Waals surface area (Å²) in [4.78, 5) is 42.5. The van der Waals surface area contributed by atoms with E-state index in [0.29, 0.717) is 18.1 Å². The molecular weight excluding hydrogens is 342 g/mol. The number of carbonyl (C=O) groups is 1. The largest absolute Gasteiger partial charge is 0.332 e. The summed E-state index contributed by atoms with van der Waals surface area (Å²) in [6, 6.07) is 10.4. The van der Waals surface area contributed by atoms with Crippen LogP contribution in [-0.2, 0) is 11.2 Å². The summed E-state index contributed by atoms with van der Waals surface area (Å²) in [5.74, 6) is 0.513. The number of aromatic nitrogens is 4. The molecule has 4 rings (SSSR count). The Hall–Kier alpha value is -3.35. The van der Waals surface area contributed by atoms with Gasteiger partial charge in [0.05, 0.1) is 18.2 Å². The zero-order chi connectivity index (χ0) is 18.6. The zero-order valence-corrected chi connectivity index (χ0v) is 14.7. The smallest absolute Gasteiger partial charge is 0.251 e. The van der Waals surface area contributed by atoms with E-state index in [-0.39, 0.29) is 23.9 Å². The molecule has 0 bridgehead atoms. The lowest BCUT2D eigenvalue weighted by atomic mass is 10.1. The fourth-order valence-electron chi connectivity index (χ4n) is 3.41. The van der Waals surface area contributed by atoms with Gasteiger partial charge in [0.25, 0.3) is 5.56 Å². The van der Waals surface area contributed by atoms with Crippen molar-refractivity contribution in [3.05, 3.63) is 76.9 Å². The maximum absolute atomic E-state index is 12.8. The number of carbonyl (C=O) groups excluding carboxylic acids is 1. The van der Waals surface area contributed by atoms with Crippen molar-refractivity contribution in [2.45, 2.75) is 25.3 Å². The maximum Gasteiger partial charge on any atom is 0.251 e. The average Bonchev–Trinajstić information content (AvgIpc) is 3.19. The lowest BCUT2D eigenvalue weighted by molar-refractivity contribution is -0.131. The minimum Gasteiger partial charge on any atom is -0.332 e. The topological polar surface area (TPSA) is 91.8 Å². The van der Waals surface area contributed by atoms with Crippen molar-refractivity contribution in [3.8, 4) is 11.3 Å². The van der Waals surface area contributed by atoms with Crippen molar-refractivity contribution < 1.29 is 4.79 Å². The molecule has 0 saturated carbocycles. The fraction of sp³-hybridized carbons (Fsp3) is 0.250. The molecule has 3 aromatic heterocycles. The molecule has 4 heterocycles. The van der Waals surface area contributed by atoms with Crippen LogP contribution >= 0.6 is 0 Å². The first-order chi connectivity index (χ1) is 13.2. The van der Waals surface area contributed by atoms with E-state index in [1.807, 2.05) is 24.3 Å². The van der Waals surface area contributed by atoms with Crippen LogP contribution in [0.2, 0.25) is 0 Å². The number of hydrogen-bond donors (Lipinski definition) is 1. The van der Waals surface area contributed by atoms with Crippen LogP contribution in [-0.4, -0.2) is 37.3 Å². The summed E-state index contributed by atoms with van der Waals surface area (Å²) < 4.78 is 0. The van der Waals surface area contributed by atoms with E-state index >= 15 is 0 Å². The summed E-state index contributed by atoms with van der Waals surface area (Å²) >= 11 is 0. The van der Waals surface area contributed by atoms with Crippen molar-refractivity contribution in [1.82, 2.24) is 24.8 Å². The number of amides is 1. The van der Waals surface area contributed by atoms with Gasteiger partial charge >= 0.3 is 0 Å². The molecule has 0 aromatic carbocycles. The second-order valence-electron chi connectivity index (χ2n) is 6.50. The Bertz CT molecular complexity index is 988. The SMILES string of the molecule is O=C(Cc1ccccn1)N1CCC[C@H]1c1nc(-c2cccnc2)cc(=O)[nH]1. The number of nitrogens with one attached hydrogen (secondary N) is 1. The van der Waals surface area contributed by atoms with Crippen molar-refractivity contribution in [3.63, 3.8) is 0 Å². The summed E-state index contributed by atoms with van der Waals surface area (Å²) in [5.41, 5.74) is 1.83. The molecule has 1 fully saturated rings. The van der Waals surface area contributed by atoms with Crippen LogP contribution in [0.5, 0.6) is 0 Å². The Balaban J connectivity index is 1.61. The molecule has 1 atom stereocenters. The van der Waals surface area contributed by atoms with Crippen molar-refractivity contribution in [2.75, 3.05) is 6.54 Å². The number of nitrogens with zero attached hydrogens (tertiary/aromatic N) is 4. The highest BCUT2D eigenvalue weighted by atomic mass is 16.2. The Kier molecular flexibility index (Phi) is 4.74. The lowest BCUT2D eigenvalue weighted by Gasteiger charge is -2.24. The zero-order valence-electron chi connectivity index (χ0n) is 14.7. The van der Waals surface area contributed by atoms with Gasteiger partial charge < -0.3 is 9.88 Å². The highest BCUT2D eigenvalue weighted by Gasteiger charge is 2.32. The minimum absolute atomic E-state index is 0.00868. The first-order valence-electron chi connectivity index (χ1n) is 8.92. The van der Waals surface area contributed by atoms with Gasteiger partial charge in [-0.25, -0.2) is 4.98 Å². The third kappa shape index (κ3) is 3.76. The van der Waals surface area contributed by atoms with Crippen LogP contribution in [0.1, 0.15) is 30.4 Å². The summed E-state index contributed by atoms with van der Waals surface area (Å²) in [6.45, 7) is 0.650. The number of aromatic amines is 1. The first-order valence-corrected chi connectivity index (χ1v) is 8.92. The predicted octanol–water partition coefficient (Wildman–Crippen LogP) is 2.13. The quantitative estimate of drug-likeness (QED) is 0.769. The second-order valence-corrected chi connectivity index (χ2v) is 6.50. The van der Waals surface area contributed by atoms with Crippen molar-refractivity contribution in [2.24, 2.45) is 0 Å². The first kappa shape index (κ1) is 17.1. The fourth-order valence-corrected chi connectivity index (χ4v) is 3.41. The van der Waals surface area contributed by atoms with E-state index in [2.05, 4.69) is 19.9 Å². The van der Waals surface area contributed by atoms with Gasteiger partial charge in [0.2, 0.25) is 5.91 Å². The van der Waals surface area contributed by atoms with Crippen LogP contribution in [0.25, 0.3) is 11.3 Å². The Morgan fingerprint density at radius 1 is 1.22 bits per heavy atom. The number of likely N-dealkylation sites (tertiary alicyclic amines) is 1. The van der Waals surface area contributed by atoms with Gasteiger partial charge in [-0.1, -0.05) is 6.07 Å². The van der Waals surface area contributed by atoms with Gasteiger partial charge in [-0.3, -0.25) is 19.6 Å². The highest BCUT2D eigenvalue weighted by Crippen LogP contribution is 2.30. The highest BCUT2D eigenvalue weighted by molar-refractivity contribution is 5.79. The van der Waals surface area contributed by atoms with Gasteiger partial charge in [-0.05, 0) is 37.1 Å². The molecule has 136 valence electrons. The Labute approximate surface area is 156 Å². The molecule has 0 aliphatic carbocycles. The molecule has 1 saturated heterocycles. The van der Waals surface area contributed by atoms with E-state index in [1.165, 1.54) is 6.07 Å². The van der Waals surface area contributed by atoms with Gasteiger partial charge in [-0.15, -0.1) is 0 Å². The van der Waals surface area contributed by atoms with E-state index in [9.17, 15) is 9.59 Å². The normalized spacial score (nSPS) is 16.4. The summed E-state index contributed by atoms with van der Waals surface area (Å²) in [7, 11) is 0. The molecule has 1 aliphatic heterocycles. The number of H-pyrrole nitrogens is 1. The monoisotopic (exact) mass is 361 g/mol. The van der Waals surface area contributed by atoms with Crippen molar-refractivity contribution in [1.29, 1.82) is 0 Å².